The van der Waals surface area contributed by atoms with Gasteiger partial charge in [-0.05, 0) is 19.4 Å². The third kappa shape index (κ3) is 6.52. The lowest BCUT2D eigenvalue weighted by molar-refractivity contribution is -0.143. The molecular formula is C10H18N2O5. The van der Waals surface area contributed by atoms with Gasteiger partial charge in [0.25, 0.3) is 0 Å². The first kappa shape index (κ1) is 15.4. The van der Waals surface area contributed by atoms with Crippen LogP contribution in [0, 0.1) is 5.92 Å². The molecule has 0 saturated carbocycles. The fraction of sp³-hybridized carbons (Fsp3) is 0.700. The summed E-state index contributed by atoms with van der Waals surface area (Å²) < 4.78 is 0. The highest BCUT2D eigenvalue weighted by Crippen LogP contribution is 2.04. The van der Waals surface area contributed by atoms with Crippen molar-refractivity contribution in [3.05, 3.63) is 0 Å². The van der Waals surface area contributed by atoms with Crippen molar-refractivity contribution < 1.29 is 24.6 Å². The van der Waals surface area contributed by atoms with Crippen LogP contribution >= 0.6 is 0 Å². The van der Waals surface area contributed by atoms with Crippen molar-refractivity contribution in [2.45, 2.75) is 32.2 Å². The molecule has 0 spiro atoms. The molecule has 0 heterocycles. The Balaban J connectivity index is 4.29. The van der Waals surface area contributed by atoms with Crippen LogP contribution in [0.15, 0.2) is 0 Å². The van der Waals surface area contributed by atoms with Crippen molar-refractivity contribution in [2.75, 3.05) is 6.54 Å². The van der Waals surface area contributed by atoms with Gasteiger partial charge in [-0.15, -0.1) is 0 Å². The molecule has 0 bridgehead atoms. The van der Waals surface area contributed by atoms with Gasteiger partial charge < -0.3 is 21.3 Å². The maximum Gasteiger partial charge on any atom is 0.326 e. The molecule has 17 heavy (non-hydrogen) atoms. The molecule has 0 aliphatic heterocycles. The number of nitrogens with one attached hydrogen (secondary N) is 1. The molecule has 0 radical (unpaired) electrons. The van der Waals surface area contributed by atoms with E-state index in [4.69, 9.17) is 15.9 Å². The Morgan fingerprint density at radius 1 is 1.24 bits per heavy atom. The van der Waals surface area contributed by atoms with E-state index in [0.29, 0.717) is 13.0 Å². The summed E-state index contributed by atoms with van der Waals surface area (Å²) >= 11 is 0. The van der Waals surface area contributed by atoms with Crippen LogP contribution in [0.2, 0.25) is 0 Å². The maximum atomic E-state index is 11.5. The maximum absolute atomic E-state index is 11.5. The van der Waals surface area contributed by atoms with Crippen LogP contribution in [0.1, 0.15) is 26.2 Å². The zero-order valence-corrected chi connectivity index (χ0v) is 9.68. The summed E-state index contributed by atoms with van der Waals surface area (Å²) in [7, 11) is 0. The van der Waals surface area contributed by atoms with Gasteiger partial charge in [0.2, 0.25) is 5.91 Å². The Labute approximate surface area is 99.0 Å². The second kappa shape index (κ2) is 7.61. The molecular weight excluding hydrogens is 228 g/mol. The van der Waals surface area contributed by atoms with E-state index in [9.17, 15) is 14.4 Å². The quantitative estimate of drug-likeness (QED) is 0.452. The summed E-state index contributed by atoms with van der Waals surface area (Å²) in [6.45, 7) is 1.97. The van der Waals surface area contributed by atoms with E-state index in [-0.39, 0.29) is 18.8 Å². The Bertz CT molecular complexity index is 292. The minimum Gasteiger partial charge on any atom is -0.481 e. The van der Waals surface area contributed by atoms with Gasteiger partial charge in [0.05, 0.1) is 0 Å². The van der Waals surface area contributed by atoms with Crippen molar-refractivity contribution in [3.8, 4) is 0 Å². The molecule has 1 amide bonds. The average molecular weight is 246 g/mol. The fourth-order valence-electron chi connectivity index (χ4n) is 1.22. The summed E-state index contributed by atoms with van der Waals surface area (Å²) in [5, 5.41) is 19.6. The number of hydrogen-bond donors (Lipinski definition) is 4. The molecule has 0 aromatic carbocycles. The lowest BCUT2D eigenvalue weighted by Crippen LogP contribution is -2.43. The normalized spacial score (nSPS) is 13.8. The molecule has 0 saturated heterocycles. The predicted molar refractivity (Wildman–Crippen MR) is 59.3 cm³/mol. The minimum absolute atomic E-state index is 0.133. The number of aliphatic carboxylic acids is 2. The summed E-state index contributed by atoms with van der Waals surface area (Å²) in [5.41, 5.74) is 5.28. The molecule has 0 aliphatic carbocycles. The lowest BCUT2D eigenvalue weighted by Gasteiger charge is -2.16. The van der Waals surface area contributed by atoms with Crippen LogP contribution in [-0.2, 0) is 14.4 Å². The molecule has 0 fully saturated rings. The van der Waals surface area contributed by atoms with E-state index in [0.717, 1.165) is 0 Å². The first-order valence-corrected chi connectivity index (χ1v) is 5.33. The average Bonchev–Trinajstić information content (AvgIpc) is 2.23. The number of carbonyl (C=O) groups excluding carboxylic acids is 1. The third-order valence-corrected chi connectivity index (χ3v) is 2.31. The highest BCUT2D eigenvalue weighted by Gasteiger charge is 2.23. The Morgan fingerprint density at radius 2 is 1.82 bits per heavy atom. The summed E-state index contributed by atoms with van der Waals surface area (Å²) in [6.07, 6.45) is 0.0192. The third-order valence-electron chi connectivity index (χ3n) is 2.31. The monoisotopic (exact) mass is 246 g/mol. The number of rotatable bonds is 8. The zero-order valence-electron chi connectivity index (χ0n) is 9.68. The van der Waals surface area contributed by atoms with Crippen LogP contribution in [-0.4, -0.2) is 40.6 Å². The van der Waals surface area contributed by atoms with Crippen molar-refractivity contribution in [2.24, 2.45) is 11.7 Å². The smallest absolute Gasteiger partial charge is 0.326 e. The number of hydrogen-bond acceptors (Lipinski definition) is 4. The van der Waals surface area contributed by atoms with Gasteiger partial charge in [0.1, 0.15) is 6.04 Å². The molecule has 0 rings (SSSR count). The second-order valence-electron chi connectivity index (χ2n) is 3.81. The molecule has 0 aliphatic rings. The van der Waals surface area contributed by atoms with E-state index in [2.05, 4.69) is 5.32 Å². The molecule has 7 nitrogen and oxygen atoms in total. The van der Waals surface area contributed by atoms with Gasteiger partial charge in [-0.3, -0.25) is 9.59 Å². The number of carboxylic acid groups (broad SMARTS) is 2. The van der Waals surface area contributed by atoms with Gasteiger partial charge in [-0.25, -0.2) is 4.79 Å². The predicted octanol–water partition coefficient (Wildman–Crippen LogP) is -0.594. The van der Waals surface area contributed by atoms with E-state index >= 15 is 0 Å². The number of amides is 1. The van der Waals surface area contributed by atoms with Gasteiger partial charge in [-0.2, -0.15) is 0 Å². The van der Waals surface area contributed by atoms with Gasteiger partial charge in [-0.1, -0.05) is 6.92 Å². The summed E-state index contributed by atoms with van der Waals surface area (Å²) in [4.78, 5) is 32.6. The first-order valence-electron chi connectivity index (χ1n) is 5.33. The van der Waals surface area contributed by atoms with Crippen molar-refractivity contribution in [1.82, 2.24) is 5.32 Å². The summed E-state index contributed by atoms with van der Waals surface area (Å²) in [6, 6.07) is -1.17. The zero-order chi connectivity index (χ0) is 13.4. The Morgan fingerprint density at radius 3 is 2.24 bits per heavy atom. The summed E-state index contributed by atoms with van der Waals surface area (Å²) in [5.74, 6) is -3.14. The van der Waals surface area contributed by atoms with Crippen LogP contribution in [0.3, 0.4) is 0 Å². The Kier molecular flexibility index (Phi) is 6.88. The first-order chi connectivity index (χ1) is 7.88. The van der Waals surface area contributed by atoms with Crippen molar-refractivity contribution >= 4 is 17.8 Å². The van der Waals surface area contributed by atoms with Gasteiger partial charge in [0.15, 0.2) is 0 Å². The molecule has 0 aromatic heterocycles. The highest BCUT2D eigenvalue weighted by atomic mass is 16.4. The number of carboxylic acids is 2. The van der Waals surface area contributed by atoms with Crippen LogP contribution in [0.5, 0.6) is 0 Å². The van der Waals surface area contributed by atoms with Crippen LogP contribution < -0.4 is 11.1 Å². The number of carbonyl (C=O) groups is 3. The van der Waals surface area contributed by atoms with Gasteiger partial charge in [0, 0.05) is 12.3 Å². The Hall–Kier alpha value is -1.63. The molecule has 2 atom stereocenters. The SMILES string of the molecule is CC(CCN)C(=O)NC(CCC(=O)O)C(=O)O. The highest BCUT2D eigenvalue weighted by molar-refractivity contribution is 5.85. The number of nitrogens with two attached hydrogens (primary N) is 1. The van der Waals surface area contributed by atoms with Gasteiger partial charge >= 0.3 is 11.9 Å². The molecule has 98 valence electrons. The molecule has 5 N–H and O–H groups in total. The van der Waals surface area contributed by atoms with Crippen molar-refractivity contribution in [3.63, 3.8) is 0 Å². The van der Waals surface area contributed by atoms with Crippen LogP contribution in [0.4, 0.5) is 0 Å². The largest absolute Gasteiger partial charge is 0.481 e. The van der Waals surface area contributed by atoms with Crippen molar-refractivity contribution in [1.29, 1.82) is 0 Å². The lowest BCUT2D eigenvalue weighted by atomic mass is 10.1. The standard InChI is InChI=1S/C10H18N2O5/c1-6(4-5-11)9(15)12-7(10(16)17)2-3-8(13)14/h6-7H,2-5,11H2,1H3,(H,12,15)(H,13,14)(H,16,17). The van der Waals surface area contributed by atoms with Crippen LogP contribution in [0.25, 0.3) is 0 Å². The van der Waals surface area contributed by atoms with E-state index in [1.54, 1.807) is 6.92 Å². The topological polar surface area (TPSA) is 130 Å². The molecule has 2 unspecified atom stereocenters. The molecule has 0 aromatic rings. The minimum atomic E-state index is -1.24. The second-order valence-corrected chi connectivity index (χ2v) is 3.81. The van der Waals surface area contributed by atoms with E-state index in [1.165, 1.54) is 0 Å². The van der Waals surface area contributed by atoms with E-state index < -0.39 is 23.9 Å². The van der Waals surface area contributed by atoms with E-state index in [1.807, 2.05) is 0 Å². The fourth-order valence-corrected chi connectivity index (χ4v) is 1.22. The molecule has 7 heteroatoms.